The number of hydrogen-bond donors (Lipinski definition) is 1. The van der Waals surface area contributed by atoms with E-state index in [1.165, 1.54) is 19.3 Å². The molecule has 0 radical (unpaired) electrons. The third-order valence-corrected chi connectivity index (χ3v) is 3.29. The van der Waals surface area contributed by atoms with Gasteiger partial charge in [-0.05, 0) is 44.9 Å². The maximum absolute atomic E-state index is 5.83. The highest BCUT2D eigenvalue weighted by atomic mass is 32.1. The van der Waals surface area contributed by atoms with Gasteiger partial charge in [0.25, 0.3) is 0 Å². The summed E-state index contributed by atoms with van der Waals surface area (Å²) in [6, 6.07) is 0. The summed E-state index contributed by atoms with van der Waals surface area (Å²) in [6.45, 7) is 0.823. The van der Waals surface area contributed by atoms with Crippen LogP contribution in [0, 0.1) is 0 Å². The van der Waals surface area contributed by atoms with Crippen molar-refractivity contribution in [2.75, 3.05) is 13.7 Å². The van der Waals surface area contributed by atoms with Crippen LogP contribution in [0.1, 0.15) is 44.9 Å². The molecule has 0 aromatic heterocycles. The van der Waals surface area contributed by atoms with Crippen LogP contribution in [0.3, 0.4) is 0 Å². The number of methoxy groups -OCH3 is 1. The molecule has 94 valence electrons. The van der Waals surface area contributed by atoms with Gasteiger partial charge in [0.05, 0.1) is 17.2 Å². The molecule has 0 saturated heterocycles. The van der Waals surface area contributed by atoms with E-state index in [1.54, 1.807) is 7.11 Å². The summed E-state index contributed by atoms with van der Waals surface area (Å²) >= 11 is 4.82. The molecule has 0 heterocycles. The Labute approximate surface area is 104 Å². The fourth-order valence-electron chi connectivity index (χ4n) is 2.12. The van der Waals surface area contributed by atoms with Crippen LogP contribution in [-0.4, -0.2) is 30.9 Å². The molecule has 3 nitrogen and oxygen atoms in total. The van der Waals surface area contributed by atoms with Crippen molar-refractivity contribution in [3.63, 3.8) is 0 Å². The lowest BCUT2D eigenvalue weighted by molar-refractivity contribution is -0.0301. The van der Waals surface area contributed by atoms with Crippen LogP contribution in [0.2, 0.25) is 0 Å². The SMILES string of the molecule is COC1CCCC(OCCCCC(N)=S)C1. The first-order valence-corrected chi connectivity index (χ1v) is 6.56. The average Bonchev–Trinajstić information content (AvgIpc) is 2.28. The lowest BCUT2D eigenvalue weighted by Crippen LogP contribution is -2.27. The molecule has 0 spiro atoms. The van der Waals surface area contributed by atoms with Gasteiger partial charge in [-0.15, -0.1) is 0 Å². The molecule has 2 atom stereocenters. The minimum absolute atomic E-state index is 0.392. The number of hydrogen-bond acceptors (Lipinski definition) is 3. The summed E-state index contributed by atoms with van der Waals surface area (Å²) in [5.74, 6) is 0. The van der Waals surface area contributed by atoms with Crippen LogP contribution in [-0.2, 0) is 9.47 Å². The second-order valence-corrected chi connectivity index (χ2v) is 4.96. The lowest BCUT2D eigenvalue weighted by Gasteiger charge is -2.28. The lowest BCUT2D eigenvalue weighted by atomic mass is 9.95. The molecule has 0 amide bonds. The first-order chi connectivity index (χ1) is 7.72. The monoisotopic (exact) mass is 245 g/mol. The van der Waals surface area contributed by atoms with E-state index in [0.717, 1.165) is 32.3 Å². The number of rotatable bonds is 7. The molecule has 1 rings (SSSR count). The smallest absolute Gasteiger partial charge is 0.0727 e. The summed E-state index contributed by atoms with van der Waals surface area (Å²) in [6.07, 6.45) is 8.33. The Kier molecular flexibility index (Phi) is 6.92. The third kappa shape index (κ3) is 5.77. The largest absolute Gasteiger partial charge is 0.393 e. The Morgan fingerprint density at radius 3 is 2.75 bits per heavy atom. The predicted octanol–water partition coefficient (Wildman–Crippen LogP) is 2.42. The molecular formula is C12H23NO2S. The van der Waals surface area contributed by atoms with Crippen molar-refractivity contribution in [2.24, 2.45) is 5.73 Å². The van der Waals surface area contributed by atoms with Crippen molar-refractivity contribution in [2.45, 2.75) is 57.2 Å². The summed E-state index contributed by atoms with van der Waals surface area (Å²) < 4.78 is 11.2. The van der Waals surface area contributed by atoms with Gasteiger partial charge in [-0.25, -0.2) is 0 Å². The van der Waals surface area contributed by atoms with Gasteiger partial charge >= 0.3 is 0 Å². The van der Waals surface area contributed by atoms with E-state index in [-0.39, 0.29) is 0 Å². The number of ether oxygens (including phenoxy) is 2. The molecule has 4 heteroatoms. The van der Waals surface area contributed by atoms with Crippen molar-refractivity contribution in [1.82, 2.24) is 0 Å². The average molecular weight is 245 g/mol. The molecule has 0 aliphatic heterocycles. The van der Waals surface area contributed by atoms with Crippen LogP contribution < -0.4 is 5.73 Å². The highest BCUT2D eigenvalue weighted by Crippen LogP contribution is 2.23. The van der Waals surface area contributed by atoms with Crippen LogP contribution in [0.15, 0.2) is 0 Å². The molecule has 1 aliphatic carbocycles. The van der Waals surface area contributed by atoms with Gasteiger partial charge in [-0.2, -0.15) is 0 Å². The summed E-state index contributed by atoms with van der Waals surface area (Å²) in [5, 5.41) is 0. The second kappa shape index (κ2) is 7.98. The zero-order valence-electron chi connectivity index (χ0n) is 10.1. The summed E-state index contributed by atoms with van der Waals surface area (Å²) in [5.41, 5.74) is 5.43. The van der Waals surface area contributed by atoms with Gasteiger partial charge in [0.1, 0.15) is 0 Å². The maximum Gasteiger partial charge on any atom is 0.0727 e. The van der Waals surface area contributed by atoms with E-state index in [0.29, 0.717) is 17.2 Å². The minimum atomic E-state index is 0.392. The molecule has 2 N–H and O–H groups in total. The van der Waals surface area contributed by atoms with Crippen molar-refractivity contribution < 1.29 is 9.47 Å². The van der Waals surface area contributed by atoms with Gasteiger partial charge < -0.3 is 15.2 Å². The molecule has 16 heavy (non-hydrogen) atoms. The van der Waals surface area contributed by atoms with Gasteiger partial charge in [-0.1, -0.05) is 12.2 Å². The van der Waals surface area contributed by atoms with E-state index in [4.69, 9.17) is 27.4 Å². The first-order valence-electron chi connectivity index (χ1n) is 6.15. The Morgan fingerprint density at radius 1 is 1.31 bits per heavy atom. The molecule has 2 unspecified atom stereocenters. The minimum Gasteiger partial charge on any atom is -0.393 e. The summed E-state index contributed by atoms with van der Waals surface area (Å²) in [7, 11) is 1.79. The molecule has 0 aromatic carbocycles. The van der Waals surface area contributed by atoms with Gasteiger partial charge in [0.2, 0.25) is 0 Å². The van der Waals surface area contributed by atoms with E-state index >= 15 is 0 Å². The van der Waals surface area contributed by atoms with Crippen molar-refractivity contribution >= 4 is 17.2 Å². The third-order valence-electron chi connectivity index (χ3n) is 3.08. The van der Waals surface area contributed by atoms with E-state index in [2.05, 4.69) is 0 Å². The number of nitrogens with two attached hydrogens (primary N) is 1. The van der Waals surface area contributed by atoms with Crippen molar-refractivity contribution in [3.05, 3.63) is 0 Å². The maximum atomic E-state index is 5.83. The molecule has 0 bridgehead atoms. The van der Waals surface area contributed by atoms with Crippen molar-refractivity contribution in [3.8, 4) is 0 Å². The van der Waals surface area contributed by atoms with Gasteiger partial charge in [0, 0.05) is 13.7 Å². The van der Waals surface area contributed by atoms with E-state index < -0.39 is 0 Å². The van der Waals surface area contributed by atoms with Crippen LogP contribution in [0.4, 0.5) is 0 Å². The number of thiocarbonyl (C=S) groups is 1. The quantitative estimate of drug-likeness (QED) is 0.552. The van der Waals surface area contributed by atoms with Crippen LogP contribution in [0.5, 0.6) is 0 Å². The summed E-state index contributed by atoms with van der Waals surface area (Å²) in [4.78, 5) is 0.608. The first kappa shape index (κ1) is 13.9. The van der Waals surface area contributed by atoms with E-state index in [9.17, 15) is 0 Å². The zero-order valence-corrected chi connectivity index (χ0v) is 10.9. The van der Waals surface area contributed by atoms with Crippen molar-refractivity contribution in [1.29, 1.82) is 0 Å². The fraction of sp³-hybridized carbons (Fsp3) is 0.917. The second-order valence-electron chi connectivity index (χ2n) is 4.44. The topological polar surface area (TPSA) is 44.5 Å². The highest BCUT2D eigenvalue weighted by molar-refractivity contribution is 7.80. The Bertz CT molecular complexity index is 211. The highest BCUT2D eigenvalue weighted by Gasteiger charge is 2.21. The molecule has 0 aromatic rings. The normalized spacial score (nSPS) is 25.6. The zero-order chi connectivity index (χ0) is 11.8. The van der Waals surface area contributed by atoms with Gasteiger partial charge in [-0.3, -0.25) is 0 Å². The van der Waals surface area contributed by atoms with Gasteiger partial charge in [0.15, 0.2) is 0 Å². The molecule has 1 aliphatic rings. The van der Waals surface area contributed by atoms with Crippen LogP contribution >= 0.6 is 12.2 Å². The predicted molar refractivity (Wildman–Crippen MR) is 69.6 cm³/mol. The Balaban J connectivity index is 2.01. The Hall–Kier alpha value is -0.190. The molecule has 1 fully saturated rings. The molecular weight excluding hydrogens is 222 g/mol. The van der Waals surface area contributed by atoms with E-state index in [1.807, 2.05) is 0 Å². The molecule has 1 saturated carbocycles. The standard InChI is InChI=1S/C12H23NO2S/c1-14-10-5-4-6-11(9-10)15-8-3-2-7-12(13)16/h10-11H,2-9H2,1H3,(H2,13,16). The van der Waals surface area contributed by atoms with Crippen LogP contribution in [0.25, 0.3) is 0 Å². The Morgan fingerprint density at radius 2 is 2.06 bits per heavy atom. The fourth-order valence-corrected chi connectivity index (χ4v) is 2.26. The number of unbranched alkanes of at least 4 members (excludes halogenated alkanes) is 1.